The van der Waals surface area contributed by atoms with E-state index in [4.69, 9.17) is 5.73 Å². The predicted molar refractivity (Wildman–Crippen MR) is 87.3 cm³/mol. The van der Waals surface area contributed by atoms with Crippen molar-refractivity contribution >= 4 is 28.7 Å². The van der Waals surface area contributed by atoms with Crippen molar-refractivity contribution in [2.45, 2.75) is 6.92 Å². The summed E-state index contributed by atoms with van der Waals surface area (Å²) in [5.74, 6) is -0.268. The third-order valence-corrected chi connectivity index (χ3v) is 3.17. The van der Waals surface area contributed by atoms with Gasteiger partial charge in [-0.1, -0.05) is 18.2 Å². The van der Waals surface area contributed by atoms with Crippen LogP contribution in [0.1, 0.15) is 16.1 Å². The van der Waals surface area contributed by atoms with Gasteiger partial charge in [0, 0.05) is 17.8 Å². The molecule has 0 radical (unpaired) electrons. The molecule has 3 rings (SSSR count). The summed E-state index contributed by atoms with van der Waals surface area (Å²) in [6.07, 6.45) is 3.03. The van der Waals surface area contributed by atoms with Gasteiger partial charge in [0.25, 0.3) is 11.9 Å². The first-order chi connectivity index (χ1) is 11.1. The number of rotatable bonds is 2. The molecule has 0 saturated carbocycles. The lowest BCUT2D eigenvalue weighted by Crippen LogP contribution is -2.36. The number of hydrogen-bond acceptors (Lipinski definition) is 5. The van der Waals surface area contributed by atoms with Gasteiger partial charge < -0.3 is 5.73 Å². The molecule has 0 unspecified atom stereocenters. The highest BCUT2D eigenvalue weighted by Gasteiger charge is 2.08. The quantitative estimate of drug-likeness (QED) is 0.553. The van der Waals surface area contributed by atoms with Crippen LogP contribution in [0.5, 0.6) is 0 Å². The number of fused-ring (bicyclic) bond motifs is 1. The van der Waals surface area contributed by atoms with E-state index in [0.29, 0.717) is 5.56 Å². The summed E-state index contributed by atoms with van der Waals surface area (Å²) in [7, 11) is 0. The van der Waals surface area contributed by atoms with Gasteiger partial charge >= 0.3 is 0 Å². The van der Waals surface area contributed by atoms with E-state index in [1.807, 2.05) is 31.2 Å². The second kappa shape index (κ2) is 6.18. The van der Waals surface area contributed by atoms with Crippen molar-refractivity contribution in [1.82, 2.24) is 20.3 Å². The van der Waals surface area contributed by atoms with Gasteiger partial charge in [0.05, 0.1) is 16.8 Å². The lowest BCUT2D eigenvalue weighted by atomic mass is 10.2. The first-order valence-corrected chi connectivity index (χ1v) is 6.92. The van der Waals surface area contributed by atoms with Crippen molar-refractivity contribution in [2.75, 3.05) is 0 Å². The number of aliphatic imine (C=N–C) groups is 1. The molecule has 7 heteroatoms. The maximum absolute atomic E-state index is 12.0. The summed E-state index contributed by atoms with van der Waals surface area (Å²) in [5.41, 5.74) is 7.71. The molecule has 2 heterocycles. The van der Waals surface area contributed by atoms with Gasteiger partial charge in [0.15, 0.2) is 0 Å². The number of nitrogens with two attached hydrogens (primary N) is 1. The minimum Gasteiger partial charge on any atom is -0.369 e. The molecule has 1 aromatic carbocycles. The number of aryl methyl sites for hydroxylation is 1. The van der Waals surface area contributed by atoms with E-state index >= 15 is 0 Å². The highest BCUT2D eigenvalue weighted by atomic mass is 16.1. The molecular formula is C16H14N6O. The first-order valence-electron chi connectivity index (χ1n) is 6.92. The van der Waals surface area contributed by atoms with Gasteiger partial charge in [-0.2, -0.15) is 4.99 Å². The van der Waals surface area contributed by atoms with Crippen LogP contribution in [0.2, 0.25) is 0 Å². The average Bonchev–Trinajstić information content (AvgIpc) is 2.55. The molecule has 0 aliphatic heterocycles. The Labute approximate surface area is 132 Å². The van der Waals surface area contributed by atoms with Gasteiger partial charge in [0.1, 0.15) is 0 Å². The van der Waals surface area contributed by atoms with Crippen LogP contribution in [-0.2, 0) is 0 Å². The number of guanidine groups is 1. The molecule has 3 N–H and O–H groups in total. The van der Waals surface area contributed by atoms with Gasteiger partial charge in [-0.25, -0.2) is 9.97 Å². The second-order valence-corrected chi connectivity index (χ2v) is 4.82. The van der Waals surface area contributed by atoms with Crippen LogP contribution in [0, 0.1) is 6.92 Å². The molecule has 0 aliphatic rings. The average molecular weight is 306 g/mol. The molecule has 1 amide bonds. The highest BCUT2D eigenvalue weighted by Crippen LogP contribution is 2.17. The minimum atomic E-state index is -0.392. The third-order valence-electron chi connectivity index (χ3n) is 3.17. The minimum absolute atomic E-state index is 0.0754. The molecule has 23 heavy (non-hydrogen) atoms. The van der Waals surface area contributed by atoms with Crippen LogP contribution >= 0.6 is 0 Å². The summed E-state index contributed by atoms with van der Waals surface area (Å²) in [6.45, 7) is 1.87. The van der Waals surface area contributed by atoms with Gasteiger partial charge in [-0.05, 0) is 25.1 Å². The van der Waals surface area contributed by atoms with Crippen LogP contribution in [0.4, 0.5) is 5.95 Å². The molecule has 7 nitrogen and oxygen atoms in total. The predicted octanol–water partition coefficient (Wildman–Crippen LogP) is 1.71. The Bertz CT molecular complexity index is 891. The summed E-state index contributed by atoms with van der Waals surface area (Å²) in [5, 5.41) is 3.43. The number of nitrogens with zero attached hydrogens (tertiary/aromatic N) is 4. The maximum atomic E-state index is 12.0. The Hall–Kier alpha value is -3.35. The molecular weight excluding hydrogens is 292 g/mol. The van der Waals surface area contributed by atoms with Gasteiger partial charge in [0.2, 0.25) is 5.96 Å². The Morgan fingerprint density at radius 2 is 2.00 bits per heavy atom. The molecule has 0 fully saturated rings. The SMILES string of the molecule is Cc1nc(/N=C(\N)NC(=O)c2cccnc2)nc2ccccc12. The second-order valence-electron chi connectivity index (χ2n) is 4.82. The Balaban J connectivity index is 1.85. The fourth-order valence-corrected chi connectivity index (χ4v) is 2.09. The van der Waals surface area contributed by atoms with Crippen molar-refractivity contribution in [2.24, 2.45) is 10.7 Å². The number of nitrogens with one attached hydrogen (secondary N) is 1. The van der Waals surface area contributed by atoms with E-state index in [-0.39, 0.29) is 11.9 Å². The Morgan fingerprint density at radius 3 is 2.78 bits per heavy atom. The highest BCUT2D eigenvalue weighted by molar-refractivity contribution is 6.05. The molecule has 114 valence electrons. The summed E-state index contributed by atoms with van der Waals surface area (Å²) < 4.78 is 0. The fourth-order valence-electron chi connectivity index (χ4n) is 2.09. The smallest absolute Gasteiger partial charge is 0.259 e. The van der Waals surface area contributed by atoms with Crippen molar-refractivity contribution < 1.29 is 4.79 Å². The van der Waals surface area contributed by atoms with Gasteiger partial charge in [-0.15, -0.1) is 0 Å². The number of hydrogen-bond donors (Lipinski definition) is 2. The van der Waals surface area contributed by atoms with E-state index in [0.717, 1.165) is 16.6 Å². The Morgan fingerprint density at radius 1 is 1.17 bits per heavy atom. The Kier molecular flexibility index (Phi) is 3.92. The topological polar surface area (TPSA) is 106 Å². The number of pyridine rings is 1. The standard InChI is InChI=1S/C16H14N6O/c1-10-12-6-2-3-7-13(12)20-16(19-10)22-15(17)21-14(23)11-5-4-8-18-9-11/h2-9H,1H3,(H3,17,19,20,21,22,23). The number of benzene rings is 1. The molecule has 0 atom stereocenters. The largest absolute Gasteiger partial charge is 0.369 e. The number of amides is 1. The number of aromatic nitrogens is 3. The molecule has 2 aromatic heterocycles. The van der Waals surface area contributed by atoms with Gasteiger partial charge in [-0.3, -0.25) is 15.1 Å². The van der Waals surface area contributed by atoms with Crippen LogP contribution in [0.25, 0.3) is 10.9 Å². The number of carbonyl (C=O) groups excluding carboxylic acids is 1. The summed E-state index contributed by atoms with van der Waals surface area (Å²) in [6, 6.07) is 10.9. The van der Waals surface area contributed by atoms with Crippen molar-refractivity contribution in [3.63, 3.8) is 0 Å². The fraction of sp³-hybridized carbons (Fsp3) is 0.0625. The molecule has 0 spiro atoms. The van der Waals surface area contributed by atoms with Crippen molar-refractivity contribution in [3.8, 4) is 0 Å². The summed E-state index contributed by atoms with van der Waals surface area (Å²) >= 11 is 0. The van der Waals surface area contributed by atoms with E-state index in [9.17, 15) is 4.79 Å². The zero-order chi connectivity index (χ0) is 16.2. The molecule has 0 bridgehead atoms. The lowest BCUT2D eigenvalue weighted by molar-refractivity contribution is 0.0976. The van der Waals surface area contributed by atoms with Crippen molar-refractivity contribution in [3.05, 3.63) is 60.0 Å². The van der Waals surface area contributed by atoms with Crippen LogP contribution in [-0.4, -0.2) is 26.8 Å². The zero-order valence-electron chi connectivity index (χ0n) is 12.4. The maximum Gasteiger partial charge on any atom is 0.259 e. The third kappa shape index (κ3) is 3.29. The van der Waals surface area contributed by atoms with E-state index < -0.39 is 5.91 Å². The van der Waals surface area contributed by atoms with Crippen molar-refractivity contribution in [1.29, 1.82) is 0 Å². The number of para-hydroxylation sites is 1. The zero-order valence-corrected chi connectivity index (χ0v) is 12.4. The monoisotopic (exact) mass is 306 g/mol. The number of carbonyl (C=O) groups is 1. The van der Waals surface area contributed by atoms with Crippen LogP contribution < -0.4 is 11.1 Å². The summed E-state index contributed by atoms with van der Waals surface area (Å²) in [4.78, 5) is 28.5. The van der Waals surface area contributed by atoms with E-state index in [1.54, 1.807) is 18.3 Å². The molecule has 3 aromatic rings. The van der Waals surface area contributed by atoms with E-state index in [2.05, 4.69) is 25.3 Å². The lowest BCUT2D eigenvalue weighted by Gasteiger charge is -2.05. The van der Waals surface area contributed by atoms with E-state index in [1.165, 1.54) is 6.20 Å². The van der Waals surface area contributed by atoms with Crippen LogP contribution in [0.15, 0.2) is 53.8 Å². The molecule has 0 aliphatic carbocycles. The molecule has 0 saturated heterocycles. The first kappa shape index (κ1) is 14.6. The van der Waals surface area contributed by atoms with Crippen LogP contribution in [0.3, 0.4) is 0 Å². The normalized spacial score (nSPS) is 11.4.